The molecule has 1 saturated heterocycles. The quantitative estimate of drug-likeness (QED) is 0.528. The number of nitrogens with one attached hydrogen (secondary N) is 1. The van der Waals surface area contributed by atoms with E-state index in [1.807, 2.05) is 0 Å². The Balaban J connectivity index is 1.95. The van der Waals surface area contributed by atoms with Crippen LogP contribution in [0.4, 0.5) is 10.5 Å². The van der Waals surface area contributed by atoms with E-state index in [-0.39, 0.29) is 12.2 Å². The number of barbiturate groups is 1. The number of hydrogen-bond donors (Lipinski definition) is 2. The summed E-state index contributed by atoms with van der Waals surface area (Å²) in [6, 6.07) is 12.1. The Morgan fingerprint density at radius 3 is 2.47 bits per heavy atom. The van der Waals surface area contributed by atoms with E-state index in [2.05, 4.69) is 5.32 Å². The topological polar surface area (TPSA) is 128 Å². The van der Waals surface area contributed by atoms with Crippen LogP contribution in [0.2, 0.25) is 0 Å². The number of imide groups is 2. The first-order valence-electron chi connectivity index (χ1n) is 9.05. The van der Waals surface area contributed by atoms with Gasteiger partial charge in [0.1, 0.15) is 5.57 Å². The summed E-state index contributed by atoms with van der Waals surface area (Å²) in [6.07, 6.45) is 1.35. The predicted octanol–water partition coefficient (Wildman–Crippen LogP) is 1.62. The second-order valence-corrected chi connectivity index (χ2v) is 6.19. The van der Waals surface area contributed by atoms with Crippen LogP contribution in [-0.4, -0.2) is 37.0 Å². The molecule has 0 saturated carbocycles. The highest BCUT2D eigenvalue weighted by molar-refractivity contribution is 6.39. The largest absolute Gasteiger partial charge is 0.490 e. The van der Waals surface area contributed by atoms with Gasteiger partial charge in [0.25, 0.3) is 17.7 Å². The molecule has 5 amide bonds. The standard InChI is InChI=1S/C21H19N3O6/c1-2-29-17-11-13(8-9-16(17)30-12-18(22)25)10-15-19(26)23-21(28)24(20(15)27)14-6-4-3-5-7-14/h3-11H,2,12H2,1H3,(H2,22,25)(H,23,26,28)/b15-10-. The van der Waals surface area contributed by atoms with Gasteiger partial charge in [-0.3, -0.25) is 19.7 Å². The second-order valence-electron chi connectivity index (χ2n) is 6.19. The molecule has 3 rings (SSSR count). The maximum absolute atomic E-state index is 12.9. The number of carbonyl (C=O) groups excluding carboxylic acids is 4. The zero-order valence-electron chi connectivity index (χ0n) is 16.1. The molecule has 154 valence electrons. The lowest BCUT2D eigenvalue weighted by molar-refractivity contribution is -0.123. The van der Waals surface area contributed by atoms with E-state index in [1.54, 1.807) is 49.4 Å². The zero-order chi connectivity index (χ0) is 21.7. The number of hydrogen-bond acceptors (Lipinski definition) is 6. The number of primary amides is 1. The van der Waals surface area contributed by atoms with Crippen LogP contribution in [0, 0.1) is 0 Å². The molecule has 1 aliphatic rings. The van der Waals surface area contributed by atoms with E-state index in [1.165, 1.54) is 12.1 Å². The van der Waals surface area contributed by atoms with Gasteiger partial charge in [0.15, 0.2) is 18.1 Å². The van der Waals surface area contributed by atoms with Gasteiger partial charge in [0.05, 0.1) is 12.3 Å². The van der Waals surface area contributed by atoms with E-state index in [0.29, 0.717) is 29.4 Å². The maximum atomic E-state index is 12.9. The molecule has 9 heteroatoms. The fourth-order valence-corrected chi connectivity index (χ4v) is 2.79. The molecule has 1 aliphatic heterocycles. The van der Waals surface area contributed by atoms with Crippen molar-refractivity contribution in [3.8, 4) is 11.5 Å². The van der Waals surface area contributed by atoms with Crippen molar-refractivity contribution in [3.05, 3.63) is 59.7 Å². The highest BCUT2D eigenvalue weighted by atomic mass is 16.5. The van der Waals surface area contributed by atoms with E-state index in [4.69, 9.17) is 15.2 Å². The normalized spacial score (nSPS) is 15.2. The van der Waals surface area contributed by atoms with E-state index in [9.17, 15) is 19.2 Å². The number of anilines is 1. The van der Waals surface area contributed by atoms with Crippen LogP contribution in [0.15, 0.2) is 54.1 Å². The molecule has 0 atom stereocenters. The number of benzene rings is 2. The average Bonchev–Trinajstić information content (AvgIpc) is 2.71. The number of nitrogens with two attached hydrogens (primary N) is 1. The summed E-state index contributed by atoms with van der Waals surface area (Å²) in [4.78, 5) is 49.2. The summed E-state index contributed by atoms with van der Waals surface area (Å²) in [5.41, 5.74) is 5.68. The molecule has 0 spiro atoms. The highest BCUT2D eigenvalue weighted by Gasteiger charge is 2.36. The Labute approximate surface area is 172 Å². The van der Waals surface area contributed by atoms with E-state index < -0.39 is 23.8 Å². The third-order valence-corrected chi connectivity index (χ3v) is 4.06. The molecule has 3 N–H and O–H groups in total. The predicted molar refractivity (Wildman–Crippen MR) is 108 cm³/mol. The lowest BCUT2D eigenvalue weighted by atomic mass is 10.1. The Bertz CT molecular complexity index is 1030. The molecule has 9 nitrogen and oxygen atoms in total. The third kappa shape index (κ3) is 4.46. The molecule has 0 unspecified atom stereocenters. The zero-order valence-corrected chi connectivity index (χ0v) is 16.1. The van der Waals surface area contributed by atoms with Crippen molar-refractivity contribution >= 4 is 35.5 Å². The van der Waals surface area contributed by atoms with Crippen LogP contribution in [-0.2, 0) is 14.4 Å². The molecule has 0 bridgehead atoms. The fourth-order valence-electron chi connectivity index (χ4n) is 2.79. The third-order valence-electron chi connectivity index (χ3n) is 4.06. The molecular formula is C21H19N3O6. The van der Waals surface area contributed by atoms with Crippen molar-refractivity contribution in [3.63, 3.8) is 0 Å². The number of ether oxygens (including phenoxy) is 2. The molecule has 1 fully saturated rings. The van der Waals surface area contributed by atoms with Crippen molar-refractivity contribution in [1.29, 1.82) is 0 Å². The minimum Gasteiger partial charge on any atom is -0.490 e. The second kappa shape index (κ2) is 8.91. The first-order chi connectivity index (χ1) is 14.4. The minimum atomic E-state index is -0.821. The number of amides is 5. The van der Waals surface area contributed by atoms with Crippen LogP contribution >= 0.6 is 0 Å². The molecule has 2 aromatic rings. The Morgan fingerprint density at radius 1 is 1.07 bits per heavy atom. The molecule has 2 aromatic carbocycles. The van der Waals surface area contributed by atoms with Crippen LogP contribution in [0.3, 0.4) is 0 Å². The first-order valence-corrected chi connectivity index (χ1v) is 9.05. The highest BCUT2D eigenvalue weighted by Crippen LogP contribution is 2.30. The fraction of sp³-hybridized carbons (Fsp3) is 0.143. The van der Waals surface area contributed by atoms with Crippen molar-refractivity contribution in [2.75, 3.05) is 18.1 Å². The van der Waals surface area contributed by atoms with Gasteiger partial charge < -0.3 is 15.2 Å². The van der Waals surface area contributed by atoms with Gasteiger partial charge >= 0.3 is 6.03 Å². The van der Waals surface area contributed by atoms with Crippen LogP contribution in [0.25, 0.3) is 6.08 Å². The summed E-state index contributed by atoms with van der Waals surface area (Å²) < 4.78 is 10.8. The van der Waals surface area contributed by atoms with Crippen molar-refractivity contribution < 1.29 is 28.7 Å². The molecule has 30 heavy (non-hydrogen) atoms. The Kier molecular flexibility index (Phi) is 6.11. The molecular weight excluding hydrogens is 390 g/mol. The number of urea groups is 1. The molecule has 0 aromatic heterocycles. The summed E-state index contributed by atoms with van der Waals surface area (Å²) in [5.74, 6) is -1.59. The van der Waals surface area contributed by atoms with Gasteiger partial charge in [-0.05, 0) is 42.8 Å². The summed E-state index contributed by atoms with van der Waals surface area (Å²) >= 11 is 0. The van der Waals surface area contributed by atoms with Crippen LogP contribution in [0.1, 0.15) is 12.5 Å². The minimum absolute atomic E-state index is 0.216. The smallest absolute Gasteiger partial charge is 0.335 e. The van der Waals surface area contributed by atoms with Crippen LogP contribution < -0.4 is 25.4 Å². The average molecular weight is 409 g/mol. The van der Waals surface area contributed by atoms with Gasteiger partial charge in [0.2, 0.25) is 0 Å². The Hall–Kier alpha value is -4.14. The number of para-hydroxylation sites is 1. The maximum Gasteiger partial charge on any atom is 0.335 e. The number of nitrogens with zero attached hydrogens (tertiary/aromatic N) is 1. The van der Waals surface area contributed by atoms with Crippen molar-refractivity contribution in [2.24, 2.45) is 5.73 Å². The molecule has 0 radical (unpaired) electrons. The van der Waals surface area contributed by atoms with Crippen LogP contribution in [0.5, 0.6) is 11.5 Å². The SMILES string of the molecule is CCOc1cc(/C=C2/C(=O)NC(=O)N(c3ccccc3)C2=O)ccc1OCC(N)=O. The van der Waals surface area contributed by atoms with Crippen molar-refractivity contribution in [1.82, 2.24) is 5.32 Å². The summed E-state index contributed by atoms with van der Waals surface area (Å²) in [5, 5.41) is 2.16. The number of carbonyl (C=O) groups is 4. The summed E-state index contributed by atoms with van der Waals surface area (Å²) in [7, 11) is 0. The van der Waals surface area contributed by atoms with Crippen molar-refractivity contribution in [2.45, 2.75) is 6.92 Å². The van der Waals surface area contributed by atoms with Gasteiger partial charge in [-0.25, -0.2) is 9.69 Å². The monoisotopic (exact) mass is 409 g/mol. The first kappa shape index (κ1) is 20.6. The number of rotatable bonds is 7. The van der Waals surface area contributed by atoms with E-state index in [0.717, 1.165) is 4.90 Å². The lowest BCUT2D eigenvalue weighted by Gasteiger charge is -2.26. The van der Waals surface area contributed by atoms with Gasteiger partial charge in [-0.15, -0.1) is 0 Å². The van der Waals surface area contributed by atoms with Gasteiger partial charge in [-0.1, -0.05) is 24.3 Å². The lowest BCUT2D eigenvalue weighted by Crippen LogP contribution is -2.54. The Morgan fingerprint density at radius 2 is 1.80 bits per heavy atom. The van der Waals surface area contributed by atoms with Gasteiger partial charge in [-0.2, -0.15) is 0 Å². The summed E-state index contributed by atoms with van der Waals surface area (Å²) in [6.45, 7) is 1.77. The van der Waals surface area contributed by atoms with Gasteiger partial charge in [0, 0.05) is 0 Å². The van der Waals surface area contributed by atoms with E-state index >= 15 is 0 Å². The molecule has 1 heterocycles. The molecule has 0 aliphatic carbocycles.